The van der Waals surface area contributed by atoms with E-state index in [0.717, 1.165) is 27.7 Å². The fraction of sp³-hybridized carbons (Fsp3) is 0.250. The number of carbonyl (C=O) groups excluding carboxylic acids is 1. The number of aryl methyl sites for hydroxylation is 2. The maximum absolute atomic E-state index is 12.4. The SMILES string of the molecule is Cc1ccc2c(CC(=O)NCc3ccccc3OC(F)F)coc2c1C. The van der Waals surface area contributed by atoms with Crippen LogP contribution in [0.4, 0.5) is 8.78 Å². The minimum Gasteiger partial charge on any atom is -0.464 e. The highest BCUT2D eigenvalue weighted by Gasteiger charge is 2.14. The molecule has 0 aliphatic heterocycles. The first-order valence-electron chi connectivity index (χ1n) is 8.21. The topological polar surface area (TPSA) is 51.5 Å². The van der Waals surface area contributed by atoms with Crippen LogP contribution in [-0.4, -0.2) is 12.5 Å². The van der Waals surface area contributed by atoms with Gasteiger partial charge in [-0.25, -0.2) is 0 Å². The van der Waals surface area contributed by atoms with Crippen LogP contribution < -0.4 is 10.1 Å². The number of para-hydroxylation sites is 1. The molecule has 1 aromatic heterocycles. The molecular weight excluding hydrogens is 340 g/mol. The first-order valence-corrected chi connectivity index (χ1v) is 8.21. The van der Waals surface area contributed by atoms with E-state index in [0.29, 0.717) is 5.56 Å². The van der Waals surface area contributed by atoms with Gasteiger partial charge in [0.15, 0.2) is 0 Å². The lowest BCUT2D eigenvalue weighted by atomic mass is 10.0. The lowest BCUT2D eigenvalue weighted by molar-refractivity contribution is -0.120. The molecule has 0 saturated heterocycles. The van der Waals surface area contributed by atoms with Crippen LogP contribution in [0.3, 0.4) is 0 Å². The van der Waals surface area contributed by atoms with Crippen molar-refractivity contribution in [2.24, 2.45) is 0 Å². The van der Waals surface area contributed by atoms with E-state index >= 15 is 0 Å². The summed E-state index contributed by atoms with van der Waals surface area (Å²) >= 11 is 0. The third-order valence-electron chi connectivity index (χ3n) is 4.36. The normalized spacial score (nSPS) is 11.1. The zero-order chi connectivity index (χ0) is 18.7. The van der Waals surface area contributed by atoms with Crippen LogP contribution in [0, 0.1) is 13.8 Å². The maximum atomic E-state index is 12.4. The second-order valence-electron chi connectivity index (χ2n) is 6.08. The van der Waals surface area contributed by atoms with Crippen molar-refractivity contribution in [1.29, 1.82) is 0 Å². The molecule has 0 unspecified atom stereocenters. The molecule has 0 spiro atoms. The number of fused-ring (bicyclic) bond motifs is 1. The Balaban J connectivity index is 1.68. The summed E-state index contributed by atoms with van der Waals surface area (Å²) in [6.07, 6.45) is 1.73. The summed E-state index contributed by atoms with van der Waals surface area (Å²) in [7, 11) is 0. The monoisotopic (exact) mass is 359 g/mol. The molecule has 3 aromatic rings. The Morgan fingerprint density at radius 2 is 1.92 bits per heavy atom. The van der Waals surface area contributed by atoms with Crippen LogP contribution in [-0.2, 0) is 17.8 Å². The standard InChI is InChI=1S/C20H19F2NO3/c1-12-7-8-16-15(11-25-19(16)13(12)2)9-18(24)23-10-14-5-3-4-6-17(14)26-20(21)22/h3-8,11,20H,9-10H2,1-2H3,(H,23,24). The average Bonchev–Trinajstić information content (AvgIpc) is 3.00. The molecule has 0 atom stereocenters. The van der Waals surface area contributed by atoms with Crippen LogP contribution in [0.2, 0.25) is 0 Å². The Bertz CT molecular complexity index is 934. The molecule has 1 amide bonds. The summed E-state index contributed by atoms with van der Waals surface area (Å²) in [6.45, 7) is 1.18. The number of carbonyl (C=O) groups is 1. The summed E-state index contributed by atoms with van der Waals surface area (Å²) in [5.74, 6) is -0.166. The predicted octanol–water partition coefficient (Wildman–Crippen LogP) is 4.51. The fourth-order valence-electron chi connectivity index (χ4n) is 2.82. The Labute approximate surface area is 149 Å². The van der Waals surface area contributed by atoms with Crippen LogP contribution in [0.15, 0.2) is 47.1 Å². The second kappa shape index (κ2) is 7.56. The summed E-state index contributed by atoms with van der Waals surface area (Å²) in [5, 5.41) is 3.64. The number of amides is 1. The first kappa shape index (κ1) is 17.9. The fourth-order valence-corrected chi connectivity index (χ4v) is 2.82. The Morgan fingerprint density at radius 3 is 2.69 bits per heavy atom. The predicted molar refractivity (Wildman–Crippen MR) is 94.3 cm³/mol. The Kier molecular flexibility index (Phi) is 5.21. The van der Waals surface area contributed by atoms with E-state index in [1.54, 1.807) is 24.5 Å². The number of furan rings is 1. The average molecular weight is 359 g/mol. The van der Waals surface area contributed by atoms with Crippen molar-refractivity contribution in [3.8, 4) is 5.75 Å². The summed E-state index contributed by atoms with van der Waals surface area (Å²) in [5.41, 5.74) is 4.23. The van der Waals surface area contributed by atoms with E-state index in [9.17, 15) is 13.6 Å². The van der Waals surface area contributed by atoms with Crippen molar-refractivity contribution in [3.63, 3.8) is 0 Å². The minimum absolute atomic E-state index is 0.0580. The lowest BCUT2D eigenvalue weighted by Gasteiger charge is -2.11. The van der Waals surface area contributed by atoms with Gasteiger partial charge < -0.3 is 14.5 Å². The van der Waals surface area contributed by atoms with E-state index in [2.05, 4.69) is 10.1 Å². The highest BCUT2D eigenvalue weighted by molar-refractivity contribution is 5.89. The molecule has 0 fully saturated rings. The van der Waals surface area contributed by atoms with Gasteiger partial charge in [-0.05, 0) is 31.0 Å². The van der Waals surface area contributed by atoms with Crippen molar-refractivity contribution in [2.75, 3.05) is 0 Å². The second-order valence-corrected chi connectivity index (χ2v) is 6.08. The third-order valence-corrected chi connectivity index (χ3v) is 4.36. The quantitative estimate of drug-likeness (QED) is 0.704. The number of alkyl halides is 2. The van der Waals surface area contributed by atoms with Crippen molar-refractivity contribution in [1.82, 2.24) is 5.32 Å². The molecule has 136 valence electrons. The Morgan fingerprint density at radius 1 is 1.15 bits per heavy atom. The van der Waals surface area contributed by atoms with Crippen molar-refractivity contribution >= 4 is 16.9 Å². The zero-order valence-electron chi connectivity index (χ0n) is 14.5. The molecule has 0 radical (unpaired) electrons. The van der Waals surface area contributed by atoms with Gasteiger partial charge in [0.2, 0.25) is 5.91 Å². The van der Waals surface area contributed by atoms with Gasteiger partial charge in [-0.1, -0.05) is 30.3 Å². The van der Waals surface area contributed by atoms with E-state index in [1.807, 2.05) is 26.0 Å². The van der Waals surface area contributed by atoms with Crippen molar-refractivity contribution < 1.29 is 22.7 Å². The number of ether oxygens (including phenoxy) is 1. The maximum Gasteiger partial charge on any atom is 0.387 e. The third kappa shape index (κ3) is 3.85. The largest absolute Gasteiger partial charge is 0.464 e. The summed E-state index contributed by atoms with van der Waals surface area (Å²) in [6, 6.07) is 10.3. The molecule has 26 heavy (non-hydrogen) atoms. The van der Waals surface area contributed by atoms with E-state index < -0.39 is 6.61 Å². The van der Waals surface area contributed by atoms with Gasteiger partial charge in [-0.2, -0.15) is 8.78 Å². The molecular formula is C20H19F2NO3. The number of hydrogen-bond acceptors (Lipinski definition) is 3. The molecule has 2 aromatic carbocycles. The van der Waals surface area contributed by atoms with Gasteiger partial charge in [-0.15, -0.1) is 0 Å². The van der Waals surface area contributed by atoms with Gasteiger partial charge >= 0.3 is 6.61 Å². The van der Waals surface area contributed by atoms with Crippen LogP contribution in [0.25, 0.3) is 11.0 Å². The zero-order valence-corrected chi connectivity index (χ0v) is 14.5. The van der Waals surface area contributed by atoms with Gasteiger partial charge in [0.1, 0.15) is 11.3 Å². The van der Waals surface area contributed by atoms with Crippen LogP contribution >= 0.6 is 0 Å². The number of rotatable bonds is 6. The molecule has 4 nitrogen and oxygen atoms in total. The van der Waals surface area contributed by atoms with E-state index in [1.165, 1.54) is 6.07 Å². The van der Waals surface area contributed by atoms with E-state index in [-0.39, 0.29) is 24.6 Å². The van der Waals surface area contributed by atoms with Crippen molar-refractivity contribution in [3.05, 3.63) is 64.9 Å². The first-order chi connectivity index (χ1) is 12.5. The van der Waals surface area contributed by atoms with Gasteiger partial charge in [0, 0.05) is 23.1 Å². The molecule has 0 aliphatic carbocycles. The van der Waals surface area contributed by atoms with Crippen LogP contribution in [0.5, 0.6) is 5.75 Å². The van der Waals surface area contributed by atoms with Gasteiger partial charge in [-0.3, -0.25) is 4.79 Å². The van der Waals surface area contributed by atoms with E-state index in [4.69, 9.17) is 4.42 Å². The number of benzene rings is 2. The summed E-state index contributed by atoms with van der Waals surface area (Å²) in [4.78, 5) is 12.3. The smallest absolute Gasteiger partial charge is 0.387 e. The molecule has 0 aliphatic rings. The lowest BCUT2D eigenvalue weighted by Crippen LogP contribution is -2.24. The van der Waals surface area contributed by atoms with Crippen molar-refractivity contribution in [2.45, 2.75) is 33.4 Å². The highest BCUT2D eigenvalue weighted by Crippen LogP contribution is 2.27. The minimum atomic E-state index is -2.91. The van der Waals surface area contributed by atoms with Gasteiger partial charge in [0.05, 0.1) is 12.7 Å². The molecule has 3 rings (SSSR count). The number of nitrogens with one attached hydrogen (secondary N) is 1. The highest BCUT2D eigenvalue weighted by atomic mass is 19.3. The molecule has 0 saturated carbocycles. The summed E-state index contributed by atoms with van der Waals surface area (Å²) < 4.78 is 35.0. The van der Waals surface area contributed by atoms with Gasteiger partial charge in [0.25, 0.3) is 0 Å². The molecule has 0 bridgehead atoms. The number of halogens is 2. The number of hydrogen-bond donors (Lipinski definition) is 1. The molecule has 1 heterocycles. The Hall–Kier alpha value is -2.89. The molecule has 1 N–H and O–H groups in total. The molecule has 6 heteroatoms. The van der Waals surface area contributed by atoms with Crippen LogP contribution in [0.1, 0.15) is 22.3 Å².